The number of hydrogen-bond donors (Lipinski definition) is 0. The highest BCUT2D eigenvalue weighted by atomic mass is 16.1. The second kappa shape index (κ2) is 4.50. The minimum absolute atomic E-state index is 0.705. The highest BCUT2D eigenvalue weighted by Gasteiger charge is 2.21. The van der Waals surface area contributed by atoms with Gasteiger partial charge in [0.1, 0.15) is 6.29 Å². The van der Waals surface area contributed by atoms with Crippen molar-refractivity contribution < 1.29 is 4.79 Å². The van der Waals surface area contributed by atoms with Gasteiger partial charge in [0, 0.05) is 19.0 Å². The van der Waals surface area contributed by atoms with E-state index in [1.165, 1.54) is 25.8 Å². The van der Waals surface area contributed by atoms with Gasteiger partial charge < -0.3 is 4.79 Å². The third kappa shape index (κ3) is 2.29. The van der Waals surface area contributed by atoms with Gasteiger partial charge in [0.25, 0.3) is 0 Å². The molecular weight excluding hydrogens is 138 g/mol. The Morgan fingerprint density at radius 1 is 1.64 bits per heavy atom. The molecule has 0 spiro atoms. The van der Waals surface area contributed by atoms with Crippen molar-refractivity contribution in [3.8, 4) is 0 Å². The number of carbonyl (C=O) groups is 1. The van der Waals surface area contributed by atoms with Crippen LogP contribution in [0.25, 0.3) is 0 Å². The summed E-state index contributed by atoms with van der Waals surface area (Å²) in [5.74, 6) is 0. The lowest BCUT2D eigenvalue weighted by atomic mass is 10.2. The lowest BCUT2D eigenvalue weighted by Gasteiger charge is -2.21. The van der Waals surface area contributed by atoms with Crippen LogP contribution in [0.5, 0.6) is 0 Å². The largest absolute Gasteiger partial charge is 0.303 e. The summed E-state index contributed by atoms with van der Waals surface area (Å²) in [5.41, 5.74) is 0. The van der Waals surface area contributed by atoms with Crippen molar-refractivity contribution >= 4 is 6.29 Å². The van der Waals surface area contributed by atoms with Crippen molar-refractivity contribution in [1.82, 2.24) is 4.90 Å². The molecule has 64 valence electrons. The predicted molar refractivity (Wildman–Crippen MR) is 45.6 cm³/mol. The van der Waals surface area contributed by atoms with E-state index in [0.717, 1.165) is 18.9 Å². The Balaban J connectivity index is 2.25. The Labute approximate surface area is 68.6 Å². The van der Waals surface area contributed by atoms with Gasteiger partial charge in [-0.15, -0.1) is 0 Å². The quantitative estimate of drug-likeness (QED) is 0.573. The van der Waals surface area contributed by atoms with Crippen molar-refractivity contribution in [1.29, 1.82) is 0 Å². The molecule has 0 bridgehead atoms. The summed E-state index contributed by atoms with van der Waals surface area (Å²) in [5, 5.41) is 0. The summed E-state index contributed by atoms with van der Waals surface area (Å²) in [6, 6.07) is 0.759. The molecule has 0 aromatic heterocycles. The number of hydrogen-bond acceptors (Lipinski definition) is 2. The number of nitrogens with zero attached hydrogens (tertiary/aromatic N) is 1. The summed E-state index contributed by atoms with van der Waals surface area (Å²) >= 11 is 0. The highest BCUT2D eigenvalue weighted by Crippen LogP contribution is 2.19. The number of aldehydes is 1. The van der Waals surface area contributed by atoms with Crippen LogP contribution in [0.3, 0.4) is 0 Å². The van der Waals surface area contributed by atoms with Crippen molar-refractivity contribution in [2.45, 2.75) is 38.6 Å². The van der Waals surface area contributed by atoms with E-state index in [9.17, 15) is 4.79 Å². The molecule has 0 saturated carbocycles. The van der Waals surface area contributed by atoms with E-state index >= 15 is 0 Å². The monoisotopic (exact) mass is 155 g/mol. The molecule has 2 heteroatoms. The van der Waals surface area contributed by atoms with Crippen LogP contribution < -0.4 is 0 Å². The van der Waals surface area contributed by atoms with Gasteiger partial charge in [-0.3, -0.25) is 4.90 Å². The molecule has 1 aliphatic heterocycles. The van der Waals surface area contributed by atoms with Crippen LogP contribution in [-0.4, -0.2) is 30.3 Å². The molecule has 1 saturated heterocycles. The van der Waals surface area contributed by atoms with E-state index in [-0.39, 0.29) is 0 Å². The molecule has 0 aromatic carbocycles. The lowest BCUT2D eigenvalue weighted by Crippen LogP contribution is -2.29. The summed E-state index contributed by atoms with van der Waals surface area (Å²) in [4.78, 5) is 12.6. The molecule has 0 aromatic rings. The zero-order chi connectivity index (χ0) is 8.10. The molecule has 1 heterocycles. The fourth-order valence-corrected chi connectivity index (χ4v) is 1.87. The first-order chi connectivity index (χ1) is 5.38. The normalized spacial score (nSPS) is 25.7. The number of carbonyl (C=O) groups excluding carboxylic acids is 1. The summed E-state index contributed by atoms with van der Waals surface area (Å²) < 4.78 is 0. The Hall–Kier alpha value is -0.370. The third-order valence-corrected chi connectivity index (χ3v) is 2.50. The van der Waals surface area contributed by atoms with Gasteiger partial charge in [0.05, 0.1) is 0 Å². The van der Waals surface area contributed by atoms with Crippen molar-refractivity contribution in [2.24, 2.45) is 0 Å². The average molecular weight is 155 g/mol. The minimum atomic E-state index is 0.705. The van der Waals surface area contributed by atoms with Crippen LogP contribution in [0, 0.1) is 0 Å². The maximum absolute atomic E-state index is 10.1. The zero-order valence-electron chi connectivity index (χ0n) is 7.25. The topological polar surface area (TPSA) is 20.3 Å². The standard InChI is InChI=1S/C9H17NO/c1-2-9-5-3-6-10(9)7-4-8-11/h8-9H,2-7H2,1H3. The van der Waals surface area contributed by atoms with Gasteiger partial charge in [-0.05, 0) is 25.8 Å². The first-order valence-electron chi connectivity index (χ1n) is 4.56. The first kappa shape index (κ1) is 8.72. The fraction of sp³-hybridized carbons (Fsp3) is 0.889. The van der Waals surface area contributed by atoms with Gasteiger partial charge in [-0.1, -0.05) is 6.92 Å². The van der Waals surface area contributed by atoms with Crippen molar-refractivity contribution in [2.75, 3.05) is 13.1 Å². The van der Waals surface area contributed by atoms with Gasteiger partial charge in [-0.2, -0.15) is 0 Å². The van der Waals surface area contributed by atoms with Crippen LogP contribution >= 0.6 is 0 Å². The lowest BCUT2D eigenvalue weighted by molar-refractivity contribution is -0.108. The molecule has 11 heavy (non-hydrogen) atoms. The Morgan fingerprint density at radius 3 is 3.09 bits per heavy atom. The molecule has 0 aliphatic carbocycles. The van der Waals surface area contributed by atoms with Gasteiger partial charge in [0.15, 0.2) is 0 Å². The van der Waals surface area contributed by atoms with Crippen molar-refractivity contribution in [3.63, 3.8) is 0 Å². The van der Waals surface area contributed by atoms with E-state index in [1.807, 2.05) is 0 Å². The predicted octanol–water partition coefficient (Wildman–Crippen LogP) is 1.45. The second-order valence-electron chi connectivity index (χ2n) is 3.20. The average Bonchev–Trinajstić information content (AvgIpc) is 2.47. The molecule has 1 rings (SSSR count). The van der Waals surface area contributed by atoms with E-state index < -0.39 is 0 Å². The fourth-order valence-electron chi connectivity index (χ4n) is 1.87. The Bertz CT molecular complexity index is 125. The van der Waals surface area contributed by atoms with Crippen molar-refractivity contribution in [3.05, 3.63) is 0 Å². The Morgan fingerprint density at radius 2 is 2.45 bits per heavy atom. The molecule has 0 N–H and O–H groups in total. The van der Waals surface area contributed by atoms with Crippen LogP contribution in [-0.2, 0) is 4.79 Å². The zero-order valence-corrected chi connectivity index (χ0v) is 7.25. The van der Waals surface area contributed by atoms with E-state index in [0.29, 0.717) is 6.42 Å². The van der Waals surface area contributed by atoms with Gasteiger partial charge >= 0.3 is 0 Å². The summed E-state index contributed by atoms with van der Waals surface area (Å²) in [7, 11) is 0. The molecule has 1 atom stereocenters. The van der Waals surface area contributed by atoms with Crippen LogP contribution in [0.1, 0.15) is 32.6 Å². The Kier molecular flexibility index (Phi) is 3.57. The molecule has 2 nitrogen and oxygen atoms in total. The van der Waals surface area contributed by atoms with E-state index in [2.05, 4.69) is 11.8 Å². The summed E-state index contributed by atoms with van der Waals surface area (Å²) in [6.45, 7) is 4.40. The second-order valence-corrected chi connectivity index (χ2v) is 3.20. The maximum atomic E-state index is 10.1. The highest BCUT2D eigenvalue weighted by molar-refractivity contribution is 5.49. The third-order valence-electron chi connectivity index (χ3n) is 2.50. The molecule has 1 aliphatic rings. The molecule has 1 fully saturated rings. The van der Waals surface area contributed by atoms with Crippen LogP contribution in [0.15, 0.2) is 0 Å². The maximum Gasteiger partial charge on any atom is 0.121 e. The van der Waals surface area contributed by atoms with Gasteiger partial charge in [0.2, 0.25) is 0 Å². The summed E-state index contributed by atoms with van der Waals surface area (Å²) in [6.07, 6.45) is 5.60. The van der Waals surface area contributed by atoms with Crippen LogP contribution in [0.2, 0.25) is 0 Å². The number of rotatable bonds is 4. The molecular formula is C9H17NO. The van der Waals surface area contributed by atoms with Gasteiger partial charge in [-0.25, -0.2) is 0 Å². The first-order valence-corrected chi connectivity index (χ1v) is 4.56. The molecule has 1 unspecified atom stereocenters. The van der Waals surface area contributed by atoms with Crippen LogP contribution in [0.4, 0.5) is 0 Å². The minimum Gasteiger partial charge on any atom is -0.303 e. The van der Waals surface area contributed by atoms with E-state index in [1.54, 1.807) is 0 Å². The molecule has 0 radical (unpaired) electrons. The number of likely N-dealkylation sites (tertiary alicyclic amines) is 1. The SMILES string of the molecule is CCC1CCCN1CCC=O. The smallest absolute Gasteiger partial charge is 0.121 e. The molecule has 0 amide bonds. The van der Waals surface area contributed by atoms with E-state index in [4.69, 9.17) is 0 Å².